The zero-order valence-corrected chi connectivity index (χ0v) is 18.4. The van der Waals surface area contributed by atoms with Crippen LogP contribution in [0.1, 0.15) is 57.2 Å². The summed E-state index contributed by atoms with van der Waals surface area (Å²) in [5.74, 6) is -0.592. The van der Waals surface area contributed by atoms with Crippen molar-refractivity contribution in [3.63, 3.8) is 0 Å². The van der Waals surface area contributed by atoms with Crippen molar-refractivity contribution < 1.29 is 18.4 Å². The highest BCUT2D eigenvalue weighted by atomic mass is 35.5. The van der Waals surface area contributed by atoms with E-state index in [4.69, 9.17) is 23.1 Å². The number of nitrogens with zero attached hydrogens (tertiary/aromatic N) is 1. The maximum atomic E-state index is 13.1. The molecule has 0 aromatic heterocycles. The number of hydrogen-bond acceptors (Lipinski definition) is 4. The first-order valence-electron chi connectivity index (χ1n) is 10.1. The van der Waals surface area contributed by atoms with Gasteiger partial charge in [-0.1, -0.05) is 38.4 Å². The Morgan fingerprint density at radius 1 is 1.30 bits per heavy atom. The van der Waals surface area contributed by atoms with E-state index in [-0.39, 0.29) is 29.3 Å². The number of rotatable bonds is 7. The quantitative estimate of drug-likeness (QED) is 0.601. The first-order valence-corrected chi connectivity index (χ1v) is 10.4. The second-order valence-electron chi connectivity index (χ2n) is 8.98. The Balaban J connectivity index is 2.07. The molecule has 2 amide bonds. The molecule has 5 N–H and O–H groups in total. The maximum absolute atomic E-state index is 13.1. The molecule has 0 saturated carbocycles. The monoisotopic (exact) mass is 444 g/mol. The fourth-order valence-corrected chi connectivity index (χ4v) is 3.95. The number of carbonyl (C=O) groups excluding carboxylic acids is 2. The molecule has 2 rings (SSSR count). The van der Waals surface area contributed by atoms with Crippen LogP contribution in [0.3, 0.4) is 0 Å². The number of likely N-dealkylation sites (tertiary alicyclic amines) is 1. The summed E-state index contributed by atoms with van der Waals surface area (Å²) in [6.07, 6.45) is -1.01. The minimum absolute atomic E-state index is 0.0122. The summed E-state index contributed by atoms with van der Waals surface area (Å²) in [7, 11) is 0. The molecule has 1 aliphatic heterocycles. The van der Waals surface area contributed by atoms with Crippen LogP contribution in [0.4, 0.5) is 8.78 Å². The molecule has 1 unspecified atom stereocenters. The zero-order valence-electron chi connectivity index (χ0n) is 17.6. The maximum Gasteiger partial charge on any atom is 0.257 e. The molecule has 1 aromatic rings. The minimum atomic E-state index is -2.74. The predicted octanol–water partition coefficient (Wildman–Crippen LogP) is 2.98. The molecule has 9 heteroatoms. The Morgan fingerprint density at radius 2 is 1.97 bits per heavy atom. The number of nitrogens with one attached hydrogen (secondary N) is 1. The van der Waals surface area contributed by atoms with E-state index in [2.05, 4.69) is 5.32 Å². The summed E-state index contributed by atoms with van der Waals surface area (Å²) in [5, 5.41) is 3.10. The lowest BCUT2D eigenvalue weighted by molar-refractivity contribution is -0.139. The van der Waals surface area contributed by atoms with Gasteiger partial charge in [-0.3, -0.25) is 9.59 Å². The second-order valence-corrected chi connectivity index (χ2v) is 9.42. The van der Waals surface area contributed by atoms with E-state index >= 15 is 0 Å². The van der Waals surface area contributed by atoms with E-state index in [1.807, 2.05) is 20.8 Å². The molecule has 0 radical (unpaired) electrons. The molecule has 0 bridgehead atoms. The van der Waals surface area contributed by atoms with Crippen molar-refractivity contribution in [1.82, 2.24) is 10.2 Å². The largest absolute Gasteiger partial charge is 0.350 e. The van der Waals surface area contributed by atoms with E-state index < -0.39 is 24.6 Å². The van der Waals surface area contributed by atoms with Gasteiger partial charge in [0.05, 0.1) is 12.1 Å². The first-order chi connectivity index (χ1) is 13.9. The molecular formula is C21H31ClF2N4O2. The van der Waals surface area contributed by atoms with Crippen LogP contribution < -0.4 is 16.8 Å². The summed E-state index contributed by atoms with van der Waals surface area (Å²) in [5.41, 5.74) is 12.2. The Morgan fingerprint density at radius 3 is 2.57 bits per heavy atom. The number of nitrogens with two attached hydrogens (primary N) is 2. The Bertz CT molecular complexity index is 770. The van der Waals surface area contributed by atoms with Gasteiger partial charge in [0.25, 0.3) is 6.43 Å². The third-order valence-corrected chi connectivity index (χ3v) is 5.41. The number of halogens is 3. The molecule has 3 atom stereocenters. The van der Waals surface area contributed by atoms with E-state index in [9.17, 15) is 18.4 Å². The molecule has 0 aliphatic carbocycles. The molecular weight excluding hydrogens is 414 g/mol. The number of carbonyl (C=O) groups is 2. The summed E-state index contributed by atoms with van der Waals surface area (Å²) in [6.45, 7) is 6.46. The Labute approximate surface area is 181 Å². The van der Waals surface area contributed by atoms with Crippen LogP contribution in [-0.2, 0) is 16.1 Å². The molecule has 6 nitrogen and oxygen atoms in total. The normalized spacial score (nSPS) is 19.1. The minimum Gasteiger partial charge on any atom is -0.350 e. The molecule has 1 aromatic carbocycles. The molecule has 1 aliphatic rings. The topological polar surface area (TPSA) is 101 Å². The highest BCUT2D eigenvalue weighted by Gasteiger charge is 2.37. The lowest BCUT2D eigenvalue weighted by atomic mass is 9.88. The van der Waals surface area contributed by atoms with Gasteiger partial charge in [-0.05, 0) is 47.9 Å². The molecule has 1 heterocycles. The van der Waals surface area contributed by atoms with Crippen molar-refractivity contribution in [3.05, 3.63) is 34.3 Å². The van der Waals surface area contributed by atoms with Crippen molar-refractivity contribution in [2.24, 2.45) is 16.9 Å². The van der Waals surface area contributed by atoms with Crippen LogP contribution >= 0.6 is 11.6 Å². The van der Waals surface area contributed by atoms with Crippen molar-refractivity contribution in [2.45, 2.75) is 71.1 Å². The Hall–Kier alpha value is -1.77. The number of alkyl halides is 2. The molecule has 1 saturated heterocycles. The molecule has 1 fully saturated rings. The summed E-state index contributed by atoms with van der Waals surface area (Å²) in [6, 6.07) is 1.65. The van der Waals surface area contributed by atoms with Gasteiger partial charge in [-0.2, -0.15) is 0 Å². The van der Waals surface area contributed by atoms with E-state index in [1.165, 1.54) is 23.1 Å². The molecule has 168 valence electrons. The van der Waals surface area contributed by atoms with Crippen molar-refractivity contribution in [2.75, 3.05) is 6.54 Å². The van der Waals surface area contributed by atoms with Crippen LogP contribution in [0.5, 0.6) is 0 Å². The van der Waals surface area contributed by atoms with Crippen molar-refractivity contribution in [1.29, 1.82) is 0 Å². The van der Waals surface area contributed by atoms with Gasteiger partial charge in [-0.25, -0.2) is 8.78 Å². The summed E-state index contributed by atoms with van der Waals surface area (Å²) >= 11 is 5.99. The lowest BCUT2D eigenvalue weighted by Crippen LogP contribution is -2.51. The van der Waals surface area contributed by atoms with Gasteiger partial charge < -0.3 is 21.7 Å². The zero-order chi connectivity index (χ0) is 22.6. The summed E-state index contributed by atoms with van der Waals surface area (Å²) in [4.78, 5) is 27.1. The van der Waals surface area contributed by atoms with E-state index in [0.717, 1.165) is 0 Å². The SMILES string of the molecule is CC(C)(C)C[C@H](N)C(=O)N1CCC[C@H]1C(=O)NCc1cc(Cl)ccc1C(N)C(F)F. The third-order valence-electron chi connectivity index (χ3n) is 5.18. The Kier molecular flexibility index (Phi) is 8.19. The highest BCUT2D eigenvalue weighted by Crippen LogP contribution is 2.26. The number of amides is 2. The van der Waals surface area contributed by atoms with Crippen LogP contribution in [0.25, 0.3) is 0 Å². The van der Waals surface area contributed by atoms with Gasteiger partial charge >= 0.3 is 0 Å². The van der Waals surface area contributed by atoms with Crippen LogP contribution in [0, 0.1) is 5.41 Å². The van der Waals surface area contributed by atoms with E-state index in [0.29, 0.717) is 36.4 Å². The van der Waals surface area contributed by atoms with E-state index in [1.54, 1.807) is 0 Å². The standard InChI is InChI=1S/C21H31ClF2N4O2/c1-21(2,3)10-15(25)20(30)28-8-4-5-16(28)19(29)27-11-12-9-13(22)6-7-14(12)17(26)18(23)24/h6-7,9,15-18H,4-5,8,10-11,25-26H2,1-3H3,(H,27,29)/t15-,16-,17?/m0/s1. The fourth-order valence-electron chi connectivity index (χ4n) is 3.75. The van der Waals surface area contributed by atoms with Crippen LogP contribution in [0.15, 0.2) is 18.2 Å². The predicted molar refractivity (Wildman–Crippen MR) is 113 cm³/mol. The van der Waals surface area contributed by atoms with Gasteiger partial charge in [-0.15, -0.1) is 0 Å². The molecule has 0 spiro atoms. The van der Waals surface area contributed by atoms with Crippen LogP contribution in [-0.4, -0.2) is 41.8 Å². The number of benzene rings is 1. The van der Waals surface area contributed by atoms with Gasteiger partial charge in [0, 0.05) is 18.1 Å². The highest BCUT2D eigenvalue weighted by molar-refractivity contribution is 6.30. The average molecular weight is 445 g/mol. The van der Waals surface area contributed by atoms with Crippen molar-refractivity contribution in [3.8, 4) is 0 Å². The smallest absolute Gasteiger partial charge is 0.257 e. The van der Waals surface area contributed by atoms with Gasteiger partial charge in [0.2, 0.25) is 11.8 Å². The van der Waals surface area contributed by atoms with Crippen molar-refractivity contribution >= 4 is 23.4 Å². The first kappa shape index (κ1) is 24.5. The average Bonchev–Trinajstić information content (AvgIpc) is 3.13. The third kappa shape index (κ3) is 6.36. The lowest BCUT2D eigenvalue weighted by Gasteiger charge is -2.29. The fraction of sp³-hybridized carbons (Fsp3) is 0.619. The van der Waals surface area contributed by atoms with Gasteiger partial charge in [0.15, 0.2) is 0 Å². The second kappa shape index (κ2) is 10.0. The summed E-state index contributed by atoms with van der Waals surface area (Å²) < 4.78 is 26.1. The van der Waals surface area contributed by atoms with Gasteiger partial charge in [0.1, 0.15) is 6.04 Å². The number of hydrogen-bond donors (Lipinski definition) is 3. The van der Waals surface area contributed by atoms with Crippen LogP contribution in [0.2, 0.25) is 5.02 Å². The molecule has 30 heavy (non-hydrogen) atoms.